The van der Waals surface area contributed by atoms with E-state index in [1.54, 1.807) is 6.08 Å². The largest absolute Gasteiger partial charge is 0.458 e. The van der Waals surface area contributed by atoms with Gasteiger partial charge in [-0.25, -0.2) is 0 Å². The van der Waals surface area contributed by atoms with Crippen LogP contribution < -0.4 is 5.32 Å². The molecule has 1 amide bonds. The minimum atomic E-state index is -0.833. The molecule has 0 aliphatic carbocycles. The second kappa shape index (κ2) is 50.0. The summed E-state index contributed by atoms with van der Waals surface area (Å²) in [5.41, 5.74) is 0. The summed E-state index contributed by atoms with van der Waals surface area (Å²) in [5, 5.41) is 23.6. The number of allylic oxidation sites excluding steroid dienone is 21. The maximum absolute atomic E-state index is 13.1. The highest BCUT2D eigenvalue weighted by atomic mass is 16.5. The summed E-state index contributed by atoms with van der Waals surface area (Å²) in [4.78, 5) is 26.1. The van der Waals surface area contributed by atoms with Crippen LogP contribution in [0.3, 0.4) is 0 Å². The van der Waals surface area contributed by atoms with Crippen molar-refractivity contribution in [3.63, 3.8) is 0 Å². The van der Waals surface area contributed by atoms with Gasteiger partial charge in [-0.3, -0.25) is 9.59 Å². The molecule has 0 fully saturated rings. The van der Waals surface area contributed by atoms with Crippen molar-refractivity contribution in [1.82, 2.24) is 5.32 Å². The molecule has 3 unspecified atom stereocenters. The van der Waals surface area contributed by atoms with E-state index in [1.807, 2.05) is 6.08 Å². The Kier molecular flexibility index (Phi) is 46.9. The maximum atomic E-state index is 13.1. The highest BCUT2D eigenvalue weighted by molar-refractivity contribution is 5.78. The van der Waals surface area contributed by atoms with Crippen molar-refractivity contribution < 1.29 is 24.5 Å². The summed E-state index contributed by atoms with van der Waals surface area (Å²) in [7, 11) is 0. The van der Waals surface area contributed by atoms with Gasteiger partial charge in [0.15, 0.2) is 0 Å². The highest BCUT2D eigenvalue weighted by Gasteiger charge is 2.23. The molecule has 0 saturated carbocycles. The Balaban J connectivity index is 4.85. The molecule has 0 aliphatic rings. The predicted molar refractivity (Wildman–Crippen MR) is 277 cm³/mol. The maximum Gasteiger partial charge on any atom is 0.306 e. The van der Waals surface area contributed by atoms with Gasteiger partial charge in [0.05, 0.1) is 25.2 Å². The van der Waals surface area contributed by atoms with E-state index >= 15 is 0 Å². The van der Waals surface area contributed by atoms with Crippen LogP contribution in [0, 0.1) is 0 Å². The van der Waals surface area contributed by atoms with Crippen molar-refractivity contribution in [1.29, 1.82) is 0 Å². The Hall–Kier alpha value is -4.00. The lowest BCUT2D eigenvalue weighted by Gasteiger charge is -2.23. The molecule has 0 heterocycles. The van der Waals surface area contributed by atoms with Crippen molar-refractivity contribution in [3.05, 3.63) is 134 Å². The Bertz CT molecular complexity index is 1410. The summed E-state index contributed by atoms with van der Waals surface area (Å²) in [6.07, 6.45) is 71.1. The second-order valence-corrected chi connectivity index (χ2v) is 16.5. The first-order valence-electron chi connectivity index (χ1n) is 25.4. The van der Waals surface area contributed by atoms with E-state index in [4.69, 9.17) is 4.74 Å². The highest BCUT2D eigenvalue weighted by Crippen LogP contribution is 2.14. The smallest absolute Gasteiger partial charge is 0.306 e. The number of hydrogen-bond acceptors (Lipinski definition) is 5. The molecule has 6 heteroatoms. The number of hydrogen-bond donors (Lipinski definition) is 3. The van der Waals surface area contributed by atoms with Crippen LogP contribution in [-0.4, -0.2) is 46.9 Å². The SMILES string of the molecule is CC/C=C\C/C=C\C/C=C\C/C=C\C/C=C\C/C=C\C(CC(=O)NC(CO)C(O)CCCCCCCCCCC)OC(=O)CCCCC/C=C\C/C=C\C/C=C\C/C=C\C/C=C\CC. The van der Waals surface area contributed by atoms with Crippen molar-refractivity contribution in [3.8, 4) is 0 Å². The number of aliphatic hydroxyl groups is 2. The van der Waals surface area contributed by atoms with Gasteiger partial charge in [-0.05, 0) is 102 Å². The lowest BCUT2D eigenvalue weighted by molar-refractivity contribution is -0.148. The normalized spacial score (nSPS) is 14.4. The van der Waals surface area contributed by atoms with E-state index in [-0.39, 0.29) is 24.9 Å². The zero-order valence-electron chi connectivity index (χ0n) is 40.9. The minimum absolute atomic E-state index is 0.0702. The lowest BCUT2D eigenvalue weighted by Crippen LogP contribution is -2.46. The third-order valence-corrected chi connectivity index (χ3v) is 10.5. The molecule has 3 atom stereocenters. The van der Waals surface area contributed by atoms with Crippen LogP contribution in [0.25, 0.3) is 0 Å². The summed E-state index contributed by atoms with van der Waals surface area (Å²) < 4.78 is 5.80. The number of carbonyl (C=O) groups is 2. The summed E-state index contributed by atoms with van der Waals surface area (Å²) in [5.74, 6) is -0.684. The van der Waals surface area contributed by atoms with Gasteiger partial charge in [0.25, 0.3) is 0 Å². The molecule has 0 spiro atoms. The zero-order valence-corrected chi connectivity index (χ0v) is 40.9. The Morgan fingerprint density at radius 3 is 1.31 bits per heavy atom. The number of carbonyl (C=O) groups excluding carboxylic acids is 2. The second-order valence-electron chi connectivity index (χ2n) is 16.5. The minimum Gasteiger partial charge on any atom is -0.458 e. The molecule has 0 radical (unpaired) electrons. The molecule has 3 N–H and O–H groups in total. The van der Waals surface area contributed by atoms with Crippen LogP contribution in [0.15, 0.2) is 134 Å². The van der Waals surface area contributed by atoms with Crippen molar-refractivity contribution >= 4 is 11.9 Å². The third kappa shape index (κ3) is 44.6. The lowest BCUT2D eigenvalue weighted by atomic mass is 10.0. The molecule has 64 heavy (non-hydrogen) atoms. The first kappa shape index (κ1) is 60.0. The molecule has 360 valence electrons. The zero-order chi connectivity index (χ0) is 46.7. The molecule has 0 bridgehead atoms. The van der Waals surface area contributed by atoms with Gasteiger partial charge < -0.3 is 20.3 Å². The van der Waals surface area contributed by atoms with Gasteiger partial charge in [-0.15, -0.1) is 0 Å². The average Bonchev–Trinajstić information content (AvgIpc) is 3.29. The van der Waals surface area contributed by atoms with E-state index < -0.39 is 18.2 Å². The van der Waals surface area contributed by atoms with Gasteiger partial charge in [0, 0.05) is 6.42 Å². The third-order valence-electron chi connectivity index (χ3n) is 10.5. The van der Waals surface area contributed by atoms with Crippen LogP contribution >= 0.6 is 0 Å². The fraction of sp³-hybridized carbons (Fsp3) is 0.586. The molecule has 0 saturated heterocycles. The van der Waals surface area contributed by atoms with E-state index in [1.165, 1.54) is 38.5 Å². The molecule has 0 aromatic heterocycles. The van der Waals surface area contributed by atoms with E-state index in [9.17, 15) is 19.8 Å². The predicted octanol–water partition coefficient (Wildman–Crippen LogP) is 15.4. The Morgan fingerprint density at radius 2 is 0.875 bits per heavy atom. The molecule has 0 aromatic carbocycles. The number of nitrogens with one attached hydrogen (secondary N) is 1. The van der Waals surface area contributed by atoms with Crippen molar-refractivity contribution in [2.24, 2.45) is 0 Å². The van der Waals surface area contributed by atoms with Crippen molar-refractivity contribution in [2.45, 2.75) is 212 Å². The number of ether oxygens (including phenoxy) is 1. The molecule has 6 nitrogen and oxygen atoms in total. The van der Waals surface area contributed by atoms with Crippen molar-refractivity contribution in [2.75, 3.05) is 6.61 Å². The monoisotopic (exact) mass is 884 g/mol. The van der Waals surface area contributed by atoms with E-state index in [0.29, 0.717) is 19.3 Å². The van der Waals surface area contributed by atoms with Crippen LogP contribution in [0.2, 0.25) is 0 Å². The molecule has 0 rings (SSSR count). The van der Waals surface area contributed by atoms with E-state index in [0.717, 1.165) is 109 Å². The number of unbranched alkanes of at least 4 members (excludes halogenated alkanes) is 11. The molecule has 0 aromatic rings. The van der Waals surface area contributed by atoms with Crippen LogP contribution in [0.4, 0.5) is 0 Å². The first-order valence-corrected chi connectivity index (χ1v) is 25.4. The van der Waals surface area contributed by atoms with Crippen LogP contribution in [0.5, 0.6) is 0 Å². The van der Waals surface area contributed by atoms with Gasteiger partial charge in [-0.2, -0.15) is 0 Å². The quantitative estimate of drug-likeness (QED) is 0.0322. The number of esters is 1. The number of aliphatic hydroxyl groups excluding tert-OH is 2. The molecular weight excluding hydrogens is 791 g/mol. The van der Waals surface area contributed by atoms with Gasteiger partial charge in [0.2, 0.25) is 5.91 Å². The summed E-state index contributed by atoms with van der Waals surface area (Å²) >= 11 is 0. The fourth-order valence-electron chi connectivity index (χ4n) is 6.69. The van der Waals surface area contributed by atoms with Gasteiger partial charge >= 0.3 is 5.97 Å². The average molecular weight is 884 g/mol. The number of rotatable bonds is 43. The molecule has 0 aliphatic heterocycles. The standard InChI is InChI=1S/C58H93NO5/c1-4-7-10-13-16-19-21-23-25-27-28-30-32-34-36-39-42-45-48-51-58(63)64-54(49-46-43-40-38-35-33-31-29-26-24-22-20-17-14-11-8-5-2)52-57(62)59-55(53-60)56(61)50-47-44-41-37-18-15-12-9-6-3/h7-8,10-11,16-17,19-20,23-26,28,30-31,33-34,36,38,40,46,49,54-56,60-61H,4-6,9,12-15,18,21-22,27,29,32,35,37,39,41-45,47-48,50-53H2,1-3H3,(H,59,62)/b10-7-,11-8-,19-16-,20-17-,25-23-,26-24-,30-28-,33-31-,36-34-,40-38-,49-46-. The fourth-order valence-corrected chi connectivity index (χ4v) is 6.69. The van der Waals surface area contributed by atoms with Gasteiger partial charge in [0.1, 0.15) is 6.10 Å². The van der Waals surface area contributed by atoms with E-state index in [2.05, 4.69) is 148 Å². The van der Waals surface area contributed by atoms with Gasteiger partial charge in [-0.1, -0.05) is 213 Å². The Labute approximate surface area is 393 Å². The van der Waals surface area contributed by atoms with Crippen LogP contribution in [0.1, 0.15) is 194 Å². The first-order chi connectivity index (χ1) is 31.5. The summed E-state index contributed by atoms with van der Waals surface area (Å²) in [6.45, 7) is 6.17. The summed E-state index contributed by atoms with van der Waals surface area (Å²) in [6, 6.07) is -0.758. The Morgan fingerprint density at radius 1 is 0.484 bits per heavy atom. The molecular formula is C58H93NO5. The number of amides is 1. The topological polar surface area (TPSA) is 95.9 Å². The van der Waals surface area contributed by atoms with Crippen LogP contribution in [-0.2, 0) is 14.3 Å².